The summed E-state index contributed by atoms with van der Waals surface area (Å²) in [6.45, 7) is 1.71. The lowest BCUT2D eigenvalue weighted by Crippen LogP contribution is -2.29. The molecule has 1 fully saturated rings. The van der Waals surface area contributed by atoms with Crippen LogP contribution in [0.5, 0.6) is 0 Å². The van der Waals surface area contributed by atoms with Crippen LogP contribution in [0, 0.1) is 0 Å². The van der Waals surface area contributed by atoms with E-state index < -0.39 is 0 Å². The lowest BCUT2D eigenvalue weighted by atomic mass is 10.2. The normalized spacial score (nSPS) is 19.6. The molecule has 1 saturated heterocycles. The third kappa shape index (κ3) is 2.10. The zero-order valence-electron chi connectivity index (χ0n) is 10.00. The molecule has 2 heterocycles. The van der Waals surface area contributed by atoms with Crippen molar-refractivity contribution in [1.82, 2.24) is 13.6 Å². The molecule has 0 unspecified atom stereocenters. The molecule has 0 bridgehead atoms. The number of amides is 1. The number of benzene rings is 1. The molecule has 1 amide bonds. The van der Waals surface area contributed by atoms with Crippen LogP contribution in [0.1, 0.15) is 16.8 Å². The largest absolute Gasteiger partial charge is 0.337 e. The third-order valence-electron chi connectivity index (χ3n) is 3.27. The van der Waals surface area contributed by atoms with Gasteiger partial charge in [0, 0.05) is 23.9 Å². The van der Waals surface area contributed by atoms with Crippen molar-refractivity contribution in [3.8, 4) is 0 Å². The van der Waals surface area contributed by atoms with E-state index in [0.717, 1.165) is 36.1 Å². The van der Waals surface area contributed by atoms with E-state index in [-0.39, 0.29) is 5.91 Å². The van der Waals surface area contributed by atoms with E-state index in [9.17, 15) is 4.79 Å². The van der Waals surface area contributed by atoms with Gasteiger partial charge in [-0.3, -0.25) is 4.79 Å². The van der Waals surface area contributed by atoms with Gasteiger partial charge in [0.1, 0.15) is 11.0 Å². The van der Waals surface area contributed by atoms with E-state index in [1.807, 2.05) is 34.9 Å². The molecule has 0 radical (unpaired) electrons. The highest BCUT2D eigenvalue weighted by Crippen LogP contribution is 2.22. The Morgan fingerprint density at radius 1 is 1.44 bits per heavy atom. The van der Waals surface area contributed by atoms with Crippen LogP contribution >= 0.6 is 23.5 Å². The van der Waals surface area contributed by atoms with Gasteiger partial charge in [-0.25, -0.2) is 0 Å². The van der Waals surface area contributed by atoms with Gasteiger partial charge in [-0.15, -0.1) is 0 Å². The summed E-state index contributed by atoms with van der Waals surface area (Å²) in [4.78, 5) is 14.3. The van der Waals surface area contributed by atoms with Crippen LogP contribution < -0.4 is 0 Å². The van der Waals surface area contributed by atoms with E-state index in [1.165, 1.54) is 11.7 Å². The molecule has 6 heteroatoms. The second kappa shape index (κ2) is 4.85. The molecule has 18 heavy (non-hydrogen) atoms. The summed E-state index contributed by atoms with van der Waals surface area (Å²) in [6.07, 6.45) is 3.19. The molecule has 3 rings (SSSR count). The second-order valence-corrected chi connectivity index (χ2v) is 6.03. The van der Waals surface area contributed by atoms with Crippen LogP contribution in [-0.2, 0) is 0 Å². The van der Waals surface area contributed by atoms with E-state index in [2.05, 4.69) is 15.0 Å². The molecule has 1 aliphatic heterocycles. The topological polar surface area (TPSA) is 46.1 Å². The maximum absolute atomic E-state index is 12.3. The van der Waals surface area contributed by atoms with Crippen molar-refractivity contribution in [2.24, 2.45) is 0 Å². The van der Waals surface area contributed by atoms with Gasteiger partial charge in [0.15, 0.2) is 0 Å². The van der Waals surface area contributed by atoms with Crippen molar-refractivity contribution in [2.45, 2.75) is 11.7 Å². The molecule has 2 aromatic rings. The predicted molar refractivity (Wildman–Crippen MR) is 75.2 cm³/mol. The molecular formula is C12H13N3OS2. The van der Waals surface area contributed by atoms with Crippen molar-refractivity contribution in [3.05, 3.63) is 23.8 Å². The fraction of sp³-hybridized carbons (Fsp3) is 0.417. The Morgan fingerprint density at radius 2 is 2.28 bits per heavy atom. The molecule has 0 N–H and O–H groups in total. The highest BCUT2D eigenvalue weighted by Gasteiger charge is 2.26. The zero-order valence-corrected chi connectivity index (χ0v) is 11.6. The average molecular weight is 279 g/mol. The van der Waals surface area contributed by atoms with Crippen LogP contribution in [0.15, 0.2) is 18.2 Å². The fourth-order valence-electron chi connectivity index (χ4n) is 2.20. The molecular weight excluding hydrogens is 266 g/mol. The number of likely N-dealkylation sites (tertiary alicyclic amines) is 1. The van der Waals surface area contributed by atoms with Gasteiger partial charge < -0.3 is 4.90 Å². The maximum Gasteiger partial charge on any atom is 0.253 e. The quantitative estimate of drug-likeness (QED) is 0.846. The van der Waals surface area contributed by atoms with Gasteiger partial charge in [0.05, 0.1) is 11.7 Å². The number of carbonyl (C=O) groups excluding carboxylic acids is 1. The summed E-state index contributed by atoms with van der Waals surface area (Å²) in [6, 6.07) is 5.56. The first kappa shape index (κ1) is 11.9. The minimum Gasteiger partial charge on any atom is -0.337 e. The molecule has 0 spiro atoms. The van der Waals surface area contributed by atoms with E-state index in [1.54, 1.807) is 0 Å². The molecule has 4 nitrogen and oxygen atoms in total. The summed E-state index contributed by atoms with van der Waals surface area (Å²) in [7, 11) is 0. The van der Waals surface area contributed by atoms with Crippen LogP contribution in [-0.4, -0.2) is 44.1 Å². The molecule has 1 atom stereocenters. The Hall–Kier alpha value is -1.14. The first-order valence-corrected chi connectivity index (χ1v) is 7.84. The molecule has 1 aromatic carbocycles. The van der Waals surface area contributed by atoms with Gasteiger partial charge in [-0.2, -0.15) is 20.5 Å². The monoisotopic (exact) mass is 279 g/mol. The van der Waals surface area contributed by atoms with Crippen molar-refractivity contribution in [1.29, 1.82) is 0 Å². The fourth-order valence-corrected chi connectivity index (χ4v) is 3.39. The van der Waals surface area contributed by atoms with E-state index >= 15 is 0 Å². The van der Waals surface area contributed by atoms with Crippen molar-refractivity contribution in [2.75, 3.05) is 19.3 Å². The Labute approximate surface area is 114 Å². The van der Waals surface area contributed by atoms with Crippen molar-refractivity contribution < 1.29 is 4.79 Å². The van der Waals surface area contributed by atoms with Crippen LogP contribution in [0.25, 0.3) is 11.0 Å². The standard InChI is InChI=1S/C12H13N3OS2/c1-17-9-4-5-15(7-9)12(16)8-2-3-10-11(6-8)14-18-13-10/h2-3,6,9H,4-5,7H2,1H3/t9-/m0/s1. The lowest BCUT2D eigenvalue weighted by molar-refractivity contribution is 0.0793. The Morgan fingerprint density at radius 3 is 3.06 bits per heavy atom. The summed E-state index contributed by atoms with van der Waals surface area (Å²) in [5, 5.41) is 0.582. The highest BCUT2D eigenvalue weighted by molar-refractivity contribution is 7.99. The van der Waals surface area contributed by atoms with Gasteiger partial charge in [-0.05, 0) is 30.9 Å². The molecule has 0 saturated carbocycles. The van der Waals surface area contributed by atoms with Gasteiger partial charge in [-0.1, -0.05) is 0 Å². The number of rotatable bonds is 2. The Kier molecular flexibility index (Phi) is 3.22. The number of thioether (sulfide) groups is 1. The minimum atomic E-state index is 0.112. The molecule has 1 aliphatic rings. The SMILES string of the molecule is CS[C@H]1CCN(C(=O)c2ccc3nsnc3c2)C1. The van der Waals surface area contributed by atoms with Crippen LogP contribution in [0.3, 0.4) is 0 Å². The Balaban J connectivity index is 1.83. The zero-order chi connectivity index (χ0) is 12.5. The summed E-state index contributed by atoms with van der Waals surface area (Å²) in [5.41, 5.74) is 2.39. The van der Waals surface area contributed by atoms with Gasteiger partial charge in [0.2, 0.25) is 0 Å². The van der Waals surface area contributed by atoms with Crippen LogP contribution in [0.2, 0.25) is 0 Å². The molecule has 1 aromatic heterocycles. The number of nitrogens with zero attached hydrogens (tertiary/aromatic N) is 3. The summed E-state index contributed by atoms with van der Waals surface area (Å²) < 4.78 is 8.32. The number of fused-ring (bicyclic) bond motifs is 1. The third-order valence-corrected chi connectivity index (χ3v) is 4.87. The second-order valence-electron chi connectivity index (χ2n) is 4.37. The first-order valence-electron chi connectivity index (χ1n) is 5.82. The van der Waals surface area contributed by atoms with Crippen molar-refractivity contribution >= 4 is 40.4 Å². The number of hydrogen-bond acceptors (Lipinski definition) is 5. The van der Waals surface area contributed by atoms with Crippen LogP contribution in [0.4, 0.5) is 0 Å². The Bertz CT molecular complexity index is 583. The smallest absolute Gasteiger partial charge is 0.253 e. The summed E-state index contributed by atoms with van der Waals surface area (Å²) in [5.74, 6) is 0.112. The lowest BCUT2D eigenvalue weighted by Gasteiger charge is -2.15. The number of aromatic nitrogens is 2. The van der Waals surface area contributed by atoms with E-state index in [4.69, 9.17) is 0 Å². The first-order chi connectivity index (χ1) is 8.78. The molecule has 0 aliphatic carbocycles. The van der Waals surface area contributed by atoms with Gasteiger partial charge >= 0.3 is 0 Å². The predicted octanol–water partition coefficient (Wildman–Crippen LogP) is 2.27. The van der Waals surface area contributed by atoms with Gasteiger partial charge in [0.25, 0.3) is 5.91 Å². The minimum absolute atomic E-state index is 0.112. The van der Waals surface area contributed by atoms with E-state index in [0.29, 0.717) is 5.25 Å². The molecule has 94 valence electrons. The summed E-state index contributed by atoms with van der Waals surface area (Å²) >= 11 is 3.02. The maximum atomic E-state index is 12.3. The average Bonchev–Trinajstić information content (AvgIpc) is 3.05. The number of hydrogen-bond donors (Lipinski definition) is 0. The number of carbonyl (C=O) groups is 1. The highest BCUT2D eigenvalue weighted by atomic mass is 32.2. The van der Waals surface area contributed by atoms with Crippen molar-refractivity contribution in [3.63, 3.8) is 0 Å².